The van der Waals surface area contributed by atoms with Crippen LogP contribution in [0.2, 0.25) is 0 Å². The Kier molecular flexibility index (Phi) is 3.00. The Labute approximate surface area is 131 Å². The molecule has 3 aromatic rings. The number of anilines is 1. The SMILES string of the molecule is CCN(CC)c1cc(C)c2c(c1)Cc1c-2[nH]c2ccccc12. The Morgan fingerprint density at radius 3 is 2.64 bits per heavy atom. The number of H-pyrrole nitrogens is 1. The van der Waals surface area contributed by atoms with Gasteiger partial charge in [0.2, 0.25) is 0 Å². The molecule has 0 spiro atoms. The lowest BCUT2D eigenvalue weighted by atomic mass is 10.0. The van der Waals surface area contributed by atoms with E-state index >= 15 is 0 Å². The van der Waals surface area contributed by atoms with Crippen molar-refractivity contribution in [3.05, 3.63) is 53.1 Å². The number of hydrogen-bond acceptors (Lipinski definition) is 1. The molecule has 0 atom stereocenters. The highest BCUT2D eigenvalue weighted by Crippen LogP contribution is 2.43. The molecule has 0 fully saturated rings. The Morgan fingerprint density at radius 1 is 1.09 bits per heavy atom. The molecule has 0 saturated heterocycles. The minimum absolute atomic E-state index is 1.05. The predicted octanol–water partition coefficient (Wildman–Crippen LogP) is 4.89. The summed E-state index contributed by atoms with van der Waals surface area (Å²) in [5, 5.41) is 1.37. The first-order valence-electron chi connectivity index (χ1n) is 8.21. The number of benzene rings is 2. The summed E-state index contributed by atoms with van der Waals surface area (Å²) in [6, 6.07) is 13.4. The van der Waals surface area contributed by atoms with Gasteiger partial charge in [-0.15, -0.1) is 0 Å². The maximum Gasteiger partial charge on any atom is 0.0506 e. The van der Waals surface area contributed by atoms with E-state index in [1.165, 1.54) is 44.5 Å². The molecule has 0 saturated carbocycles. The van der Waals surface area contributed by atoms with Crippen LogP contribution in [0.1, 0.15) is 30.5 Å². The van der Waals surface area contributed by atoms with Gasteiger partial charge in [0.05, 0.1) is 5.69 Å². The number of aromatic nitrogens is 1. The molecule has 1 aliphatic rings. The lowest BCUT2D eigenvalue weighted by molar-refractivity contribution is 0.864. The number of rotatable bonds is 3. The predicted molar refractivity (Wildman–Crippen MR) is 94.8 cm³/mol. The zero-order chi connectivity index (χ0) is 15.3. The maximum atomic E-state index is 3.64. The quantitative estimate of drug-likeness (QED) is 0.569. The Bertz CT molecular complexity index is 854. The van der Waals surface area contributed by atoms with Crippen LogP contribution in [0.25, 0.3) is 22.2 Å². The third kappa shape index (κ3) is 1.80. The highest BCUT2D eigenvalue weighted by molar-refractivity contribution is 5.95. The van der Waals surface area contributed by atoms with Gasteiger partial charge in [-0.3, -0.25) is 0 Å². The maximum absolute atomic E-state index is 3.64. The van der Waals surface area contributed by atoms with E-state index in [2.05, 4.69) is 67.1 Å². The van der Waals surface area contributed by atoms with Gasteiger partial charge < -0.3 is 9.88 Å². The molecule has 1 aliphatic carbocycles. The first-order chi connectivity index (χ1) is 10.7. The molecule has 0 radical (unpaired) electrons. The molecule has 0 bridgehead atoms. The largest absolute Gasteiger partial charge is 0.372 e. The van der Waals surface area contributed by atoms with Crippen LogP contribution in [0, 0.1) is 6.92 Å². The van der Waals surface area contributed by atoms with E-state index in [0.717, 1.165) is 19.5 Å². The van der Waals surface area contributed by atoms with Gasteiger partial charge in [0, 0.05) is 41.7 Å². The summed E-state index contributed by atoms with van der Waals surface area (Å²) in [7, 11) is 0. The van der Waals surface area contributed by atoms with Crippen LogP contribution in [0.15, 0.2) is 36.4 Å². The lowest BCUT2D eigenvalue weighted by Gasteiger charge is -2.23. The van der Waals surface area contributed by atoms with E-state index in [1.54, 1.807) is 0 Å². The topological polar surface area (TPSA) is 19.0 Å². The standard InChI is InChI=1S/C20H22N2/c1-4-22(5-2)15-10-13(3)19-14(11-15)12-17-16-8-6-7-9-18(16)21-20(17)19/h6-11,21H,4-5,12H2,1-3H3. The van der Waals surface area contributed by atoms with E-state index in [0.29, 0.717) is 0 Å². The van der Waals surface area contributed by atoms with Crippen LogP contribution >= 0.6 is 0 Å². The van der Waals surface area contributed by atoms with Gasteiger partial charge in [0.25, 0.3) is 0 Å². The van der Waals surface area contributed by atoms with E-state index in [1.807, 2.05) is 0 Å². The third-order valence-electron chi connectivity index (χ3n) is 4.96. The summed E-state index contributed by atoms with van der Waals surface area (Å²) in [4.78, 5) is 6.06. The van der Waals surface area contributed by atoms with E-state index in [-0.39, 0.29) is 0 Å². The summed E-state index contributed by atoms with van der Waals surface area (Å²) in [6.45, 7) is 8.81. The van der Waals surface area contributed by atoms with E-state index in [9.17, 15) is 0 Å². The summed E-state index contributed by atoms with van der Waals surface area (Å²) in [6.07, 6.45) is 1.05. The van der Waals surface area contributed by atoms with Gasteiger partial charge in [-0.25, -0.2) is 0 Å². The van der Waals surface area contributed by atoms with Gasteiger partial charge in [-0.05, 0) is 55.7 Å². The zero-order valence-corrected chi connectivity index (χ0v) is 13.5. The summed E-state index contributed by atoms with van der Waals surface area (Å²) < 4.78 is 0. The zero-order valence-electron chi connectivity index (χ0n) is 13.5. The monoisotopic (exact) mass is 290 g/mol. The molecular formula is C20H22N2. The van der Waals surface area contributed by atoms with Crippen molar-refractivity contribution >= 4 is 16.6 Å². The van der Waals surface area contributed by atoms with Crippen LogP contribution in [0.3, 0.4) is 0 Å². The van der Waals surface area contributed by atoms with Gasteiger partial charge >= 0.3 is 0 Å². The highest BCUT2D eigenvalue weighted by atomic mass is 15.1. The molecule has 0 unspecified atom stereocenters. The molecule has 1 aromatic heterocycles. The van der Waals surface area contributed by atoms with Crippen molar-refractivity contribution in [1.82, 2.24) is 4.98 Å². The Balaban J connectivity index is 1.89. The molecule has 0 aliphatic heterocycles. The number of aryl methyl sites for hydroxylation is 1. The van der Waals surface area contributed by atoms with Crippen LogP contribution in [-0.4, -0.2) is 18.1 Å². The molecule has 0 amide bonds. The van der Waals surface area contributed by atoms with Crippen molar-refractivity contribution in [2.24, 2.45) is 0 Å². The second kappa shape index (κ2) is 4.91. The minimum atomic E-state index is 1.05. The molecule has 112 valence electrons. The molecule has 2 nitrogen and oxygen atoms in total. The van der Waals surface area contributed by atoms with Gasteiger partial charge in [-0.1, -0.05) is 18.2 Å². The normalized spacial score (nSPS) is 12.5. The second-order valence-electron chi connectivity index (χ2n) is 6.17. The van der Waals surface area contributed by atoms with E-state index < -0.39 is 0 Å². The number of aromatic amines is 1. The average Bonchev–Trinajstić information content (AvgIpc) is 3.04. The average molecular weight is 290 g/mol. The van der Waals surface area contributed by atoms with Crippen molar-refractivity contribution in [3.63, 3.8) is 0 Å². The summed E-state index contributed by atoms with van der Waals surface area (Å²) >= 11 is 0. The summed E-state index contributed by atoms with van der Waals surface area (Å²) in [5.41, 5.74) is 9.67. The molecule has 1 heterocycles. The fraction of sp³-hybridized carbons (Fsp3) is 0.300. The number of hydrogen-bond donors (Lipinski definition) is 1. The van der Waals surface area contributed by atoms with Gasteiger partial charge in [0.15, 0.2) is 0 Å². The van der Waals surface area contributed by atoms with Crippen molar-refractivity contribution < 1.29 is 0 Å². The van der Waals surface area contributed by atoms with Crippen LogP contribution in [-0.2, 0) is 6.42 Å². The molecule has 2 heteroatoms. The molecule has 22 heavy (non-hydrogen) atoms. The second-order valence-corrected chi connectivity index (χ2v) is 6.17. The number of nitrogens with zero attached hydrogens (tertiary/aromatic N) is 1. The smallest absolute Gasteiger partial charge is 0.0506 e. The van der Waals surface area contributed by atoms with Gasteiger partial charge in [0.1, 0.15) is 0 Å². The van der Waals surface area contributed by atoms with E-state index in [4.69, 9.17) is 0 Å². The molecule has 1 N–H and O–H groups in total. The molecule has 4 rings (SSSR count). The number of fused-ring (bicyclic) bond motifs is 5. The van der Waals surface area contributed by atoms with Crippen molar-refractivity contribution in [3.8, 4) is 11.3 Å². The van der Waals surface area contributed by atoms with Crippen LogP contribution in [0.5, 0.6) is 0 Å². The first kappa shape index (κ1) is 13.4. The number of para-hydroxylation sites is 1. The van der Waals surface area contributed by atoms with Gasteiger partial charge in [-0.2, -0.15) is 0 Å². The fourth-order valence-electron chi connectivity index (χ4n) is 3.90. The lowest BCUT2D eigenvalue weighted by Crippen LogP contribution is -2.22. The third-order valence-corrected chi connectivity index (χ3v) is 4.96. The van der Waals surface area contributed by atoms with Crippen molar-refractivity contribution in [2.45, 2.75) is 27.2 Å². The summed E-state index contributed by atoms with van der Waals surface area (Å²) in [5.74, 6) is 0. The Hall–Kier alpha value is -2.22. The van der Waals surface area contributed by atoms with Crippen LogP contribution in [0.4, 0.5) is 5.69 Å². The molecular weight excluding hydrogens is 268 g/mol. The highest BCUT2D eigenvalue weighted by Gasteiger charge is 2.25. The fourth-order valence-corrected chi connectivity index (χ4v) is 3.90. The molecule has 2 aromatic carbocycles. The minimum Gasteiger partial charge on any atom is -0.372 e. The van der Waals surface area contributed by atoms with Crippen LogP contribution < -0.4 is 4.90 Å². The van der Waals surface area contributed by atoms with Crippen molar-refractivity contribution in [2.75, 3.05) is 18.0 Å². The first-order valence-corrected chi connectivity index (χ1v) is 8.21. The Morgan fingerprint density at radius 2 is 1.86 bits per heavy atom. The van der Waals surface area contributed by atoms with Crippen molar-refractivity contribution in [1.29, 1.82) is 0 Å². The number of nitrogens with one attached hydrogen (secondary N) is 1.